The van der Waals surface area contributed by atoms with Crippen molar-refractivity contribution < 1.29 is 0 Å². The number of hydrogen-bond donors (Lipinski definition) is 3. The van der Waals surface area contributed by atoms with Crippen LogP contribution in [0.3, 0.4) is 0 Å². The standard InChI is InChI=1S/C11H11BrN4/c12-9-6-8(16-11-14-3-4-15-11)5-7-1-2-13-10(7)9/h1-2,5-6,13H,3-4H2,(H2,14,15,16). The molecule has 0 aliphatic carbocycles. The predicted octanol–water partition coefficient (Wildman–Crippen LogP) is 2.30. The van der Waals surface area contributed by atoms with Crippen LogP contribution < -0.4 is 10.6 Å². The smallest absolute Gasteiger partial charge is 0.195 e. The molecule has 0 bridgehead atoms. The highest BCUT2D eigenvalue weighted by Crippen LogP contribution is 2.27. The van der Waals surface area contributed by atoms with Crippen molar-refractivity contribution in [1.29, 1.82) is 0 Å². The van der Waals surface area contributed by atoms with E-state index < -0.39 is 0 Å². The van der Waals surface area contributed by atoms with Gasteiger partial charge >= 0.3 is 0 Å². The summed E-state index contributed by atoms with van der Waals surface area (Å²) in [6, 6.07) is 6.19. The van der Waals surface area contributed by atoms with Crippen LogP contribution in [0.5, 0.6) is 0 Å². The zero-order valence-corrected chi connectivity index (χ0v) is 10.1. The van der Waals surface area contributed by atoms with E-state index >= 15 is 0 Å². The minimum Gasteiger partial charge on any atom is -0.360 e. The lowest BCUT2D eigenvalue weighted by Gasteiger charge is -2.07. The lowest BCUT2D eigenvalue weighted by molar-refractivity contribution is 0.959. The van der Waals surface area contributed by atoms with Gasteiger partial charge in [-0.2, -0.15) is 0 Å². The van der Waals surface area contributed by atoms with Crippen molar-refractivity contribution in [2.45, 2.75) is 0 Å². The number of H-pyrrole nitrogens is 1. The normalized spacial score (nSPS) is 14.9. The monoisotopic (exact) mass is 278 g/mol. The van der Waals surface area contributed by atoms with Crippen molar-refractivity contribution in [3.8, 4) is 0 Å². The molecule has 2 heterocycles. The molecule has 0 atom stereocenters. The first kappa shape index (κ1) is 9.72. The maximum absolute atomic E-state index is 4.30. The zero-order valence-electron chi connectivity index (χ0n) is 8.55. The maximum atomic E-state index is 4.30. The molecule has 3 rings (SSSR count). The fraction of sp³-hybridized carbons (Fsp3) is 0.182. The topological polar surface area (TPSA) is 52.2 Å². The van der Waals surface area contributed by atoms with E-state index in [4.69, 9.17) is 0 Å². The Morgan fingerprint density at radius 3 is 3.12 bits per heavy atom. The number of guanidine groups is 1. The number of anilines is 1. The van der Waals surface area contributed by atoms with Gasteiger partial charge in [0.15, 0.2) is 5.96 Å². The third kappa shape index (κ3) is 1.67. The molecule has 0 amide bonds. The molecule has 2 aromatic rings. The first-order chi connectivity index (χ1) is 7.83. The zero-order chi connectivity index (χ0) is 11.0. The third-order valence-corrected chi connectivity index (χ3v) is 3.17. The van der Waals surface area contributed by atoms with Crippen molar-refractivity contribution >= 4 is 38.5 Å². The molecule has 4 nitrogen and oxygen atoms in total. The molecular formula is C11H11BrN4. The number of nitrogens with one attached hydrogen (secondary N) is 3. The second-order valence-electron chi connectivity index (χ2n) is 3.68. The van der Waals surface area contributed by atoms with Crippen molar-refractivity contribution in [2.75, 3.05) is 18.4 Å². The minimum absolute atomic E-state index is 0.843. The van der Waals surface area contributed by atoms with Gasteiger partial charge in [-0.05, 0) is 34.1 Å². The molecule has 82 valence electrons. The van der Waals surface area contributed by atoms with Gasteiger partial charge < -0.3 is 15.6 Å². The largest absolute Gasteiger partial charge is 0.360 e. The van der Waals surface area contributed by atoms with Gasteiger partial charge in [-0.1, -0.05) is 0 Å². The Morgan fingerprint density at radius 1 is 1.38 bits per heavy atom. The molecular weight excluding hydrogens is 268 g/mol. The quantitative estimate of drug-likeness (QED) is 0.750. The van der Waals surface area contributed by atoms with Crippen LogP contribution in [0.15, 0.2) is 33.9 Å². The Morgan fingerprint density at radius 2 is 2.31 bits per heavy atom. The second-order valence-corrected chi connectivity index (χ2v) is 4.54. The average Bonchev–Trinajstić information content (AvgIpc) is 2.87. The van der Waals surface area contributed by atoms with E-state index in [1.54, 1.807) is 0 Å². The number of aromatic nitrogens is 1. The molecule has 1 aromatic heterocycles. The first-order valence-electron chi connectivity index (χ1n) is 5.15. The number of aromatic amines is 1. The van der Waals surface area contributed by atoms with E-state index in [1.165, 1.54) is 5.39 Å². The summed E-state index contributed by atoms with van der Waals surface area (Å²) >= 11 is 3.54. The summed E-state index contributed by atoms with van der Waals surface area (Å²) in [5, 5.41) is 7.62. The highest BCUT2D eigenvalue weighted by Gasteiger charge is 2.07. The first-order valence-corrected chi connectivity index (χ1v) is 5.94. The van der Waals surface area contributed by atoms with E-state index in [0.717, 1.165) is 34.7 Å². The number of fused-ring (bicyclic) bond motifs is 1. The Bertz CT molecular complexity index is 558. The lowest BCUT2D eigenvalue weighted by atomic mass is 10.2. The van der Waals surface area contributed by atoms with Crippen LogP contribution in [-0.4, -0.2) is 24.0 Å². The van der Waals surface area contributed by atoms with Gasteiger partial charge in [-0.3, -0.25) is 4.99 Å². The Hall–Kier alpha value is -1.49. The van der Waals surface area contributed by atoms with E-state index in [1.807, 2.05) is 12.3 Å². The molecule has 0 unspecified atom stereocenters. The molecule has 0 saturated heterocycles. The van der Waals surface area contributed by atoms with Crippen LogP contribution in [0.1, 0.15) is 0 Å². The van der Waals surface area contributed by atoms with Crippen molar-refractivity contribution in [3.63, 3.8) is 0 Å². The lowest BCUT2D eigenvalue weighted by Crippen LogP contribution is -2.26. The summed E-state index contributed by atoms with van der Waals surface area (Å²) in [5.74, 6) is 0.849. The maximum Gasteiger partial charge on any atom is 0.195 e. The molecule has 1 aliphatic rings. The van der Waals surface area contributed by atoms with Gasteiger partial charge in [-0.15, -0.1) is 0 Å². The summed E-state index contributed by atoms with van der Waals surface area (Å²) in [4.78, 5) is 7.49. The summed E-state index contributed by atoms with van der Waals surface area (Å²) in [7, 11) is 0. The highest BCUT2D eigenvalue weighted by atomic mass is 79.9. The molecule has 5 heteroatoms. The molecule has 0 saturated carbocycles. The average molecular weight is 279 g/mol. The molecule has 1 aromatic carbocycles. The number of aliphatic imine (C=N–C) groups is 1. The van der Waals surface area contributed by atoms with Gasteiger partial charge in [0.2, 0.25) is 0 Å². The number of hydrogen-bond acceptors (Lipinski definition) is 3. The SMILES string of the molecule is Brc1cc(NC2=NCCN2)cc2cc[nH]c12. The van der Waals surface area contributed by atoms with Crippen molar-refractivity contribution in [1.82, 2.24) is 10.3 Å². The van der Waals surface area contributed by atoms with Crippen LogP contribution >= 0.6 is 15.9 Å². The number of benzene rings is 1. The minimum atomic E-state index is 0.843. The van der Waals surface area contributed by atoms with Gasteiger partial charge in [0, 0.05) is 28.3 Å². The molecule has 3 N–H and O–H groups in total. The Labute approximate surface area is 101 Å². The molecule has 0 spiro atoms. The van der Waals surface area contributed by atoms with Crippen LogP contribution in [0.2, 0.25) is 0 Å². The molecule has 0 fully saturated rings. The third-order valence-electron chi connectivity index (χ3n) is 2.55. The van der Waals surface area contributed by atoms with Crippen LogP contribution in [0.4, 0.5) is 5.69 Å². The van der Waals surface area contributed by atoms with E-state index in [9.17, 15) is 0 Å². The van der Waals surface area contributed by atoms with Gasteiger partial charge in [0.05, 0.1) is 12.1 Å². The number of rotatable bonds is 1. The van der Waals surface area contributed by atoms with Crippen LogP contribution in [-0.2, 0) is 0 Å². The Balaban J connectivity index is 1.97. The summed E-state index contributed by atoms with van der Waals surface area (Å²) in [6.45, 7) is 1.76. The van der Waals surface area contributed by atoms with Crippen molar-refractivity contribution in [3.05, 3.63) is 28.9 Å². The van der Waals surface area contributed by atoms with E-state index in [0.29, 0.717) is 0 Å². The van der Waals surface area contributed by atoms with Crippen LogP contribution in [0.25, 0.3) is 10.9 Å². The van der Waals surface area contributed by atoms with Gasteiger partial charge in [-0.25, -0.2) is 0 Å². The fourth-order valence-electron chi connectivity index (χ4n) is 1.82. The fourth-order valence-corrected chi connectivity index (χ4v) is 2.41. The molecule has 0 radical (unpaired) electrons. The molecule has 16 heavy (non-hydrogen) atoms. The van der Waals surface area contributed by atoms with Gasteiger partial charge in [0.1, 0.15) is 0 Å². The molecule has 1 aliphatic heterocycles. The highest BCUT2D eigenvalue weighted by molar-refractivity contribution is 9.10. The second kappa shape index (κ2) is 3.83. The number of nitrogens with zero attached hydrogens (tertiary/aromatic N) is 1. The predicted molar refractivity (Wildman–Crippen MR) is 69.9 cm³/mol. The summed E-state index contributed by atoms with van der Waals surface area (Å²) < 4.78 is 1.05. The Kier molecular flexibility index (Phi) is 2.32. The van der Waals surface area contributed by atoms with E-state index in [-0.39, 0.29) is 0 Å². The van der Waals surface area contributed by atoms with E-state index in [2.05, 4.69) is 48.7 Å². The summed E-state index contributed by atoms with van der Waals surface area (Å²) in [5.41, 5.74) is 2.15. The number of halogens is 1. The van der Waals surface area contributed by atoms with Gasteiger partial charge in [0.25, 0.3) is 0 Å². The van der Waals surface area contributed by atoms with Crippen LogP contribution in [0, 0.1) is 0 Å². The summed E-state index contributed by atoms with van der Waals surface area (Å²) in [6.07, 6.45) is 1.94. The van der Waals surface area contributed by atoms with Crippen molar-refractivity contribution in [2.24, 2.45) is 4.99 Å².